The summed E-state index contributed by atoms with van der Waals surface area (Å²) in [4.78, 5) is 2.30. The molecule has 1 aromatic rings. The summed E-state index contributed by atoms with van der Waals surface area (Å²) in [5.74, 6) is 0. The average Bonchev–Trinajstić information content (AvgIpc) is 2.72. The van der Waals surface area contributed by atoms with Crippen molar-refractivity contribution in [3.63, 3.8) is 0 Å². The highest BCUT2D eigenvalue weighted by Gasteiger charge is 2.30. The number of hydrogen-bond donors (Lipinski definition) is 1. The van der Waals surface area contributed by atoms with Gasteiger partial charge in [-0.3, -0.25) is 4.68 Å². The van der Waals surface area contributed by atoms with Crippen LogP contribution in [0, 0.1) is 0 Å². The molecule has 1 aromatic heterocycles. The summed E-state index contributed by atoms with van der Waals surface area (Å²) in [5.41, 5.74) is 1.17. The maximum Gasteiger partial charge on any atom is 0.0912 e. The van der Waals surface area contributed by atoms with E-state index in [9.17, 15) is 0 Å². The van der Waals surface area contributed by atoms with E-state index in [1.54, 1.807) is 0 Å². The first-order valence-electron chi connectivity index (χ1n) is 6.36. The fourth-order valence-corrected chi connectivity index (χ4v) is 2.99. The fraction of sp³-hybridized carbons (Fsp3) is 0.750. The van der Waals surface area contributed by atoms with Crippen molar-refractivity contribution in [2.24, 2.45) is 0 Å². The van der Waals surface area contributed by atoms with E-state index >= 15 is 0 Å². The van der Waals surface area contributed by atoms with E-state index in [0.29, 0.717) is 0 Å². The van der Waals surface area contributed by atoms with Crippen LogP contribution in [0.1, 0.15) is 18.7 Å². The van der Waals surface area contributed by atoms with Crippen molar-refractivity contribution in [3.8, 4) is 0 Å². The largest absolute Gasteiger partial charge is 0.374 e. The minimum Gasteiger partial charge on any atom is -0.374 e. The monoisotopic (exact) mass is 316 g/mol. The summed E-state index contributed by atoms with van der Waals surface area (Å²) in [6.45, 7) is 5.69. The molecule has 2 atom stereocenters. The maximum absolute atomic E-state index is 5.91. The Morgan fingerprint density at radius 2 is 2.44 bits per heavy atom. The molecule has 0 saturated carbocycles. The van der Waals surface area contributed by atoms with Gasteiger partial charge in [0, 0.05) is 19.6 Å². The molecule has 18 heavy (non-hydrogen) atoms. The van der Waals surface area contributed by atoms with Gasteiger partial charge >= 0.3 is 0 Å². The summed E-state index contributed by atoms with van der Waals surface area (Å²) < 4.78 is 8.97. The van der Waals surface area contributed by atoms with Gasteiger partial charge in [-0.15, -0.1) is 0 Å². The topological polar surface area (TPSA) is 42.3 Å². The van der Waals surface area contributed by atoms with Gasteiger partial charge in [0.05, 0.1) is 35.1 Å². The third kappa shape index (κ3) is 2.77. The molecule has 1 N–H and O–H groups in total. The molecule has 6 heteroatoms. The Kier molecular flexibility index (Phi) is 4.77. The predicted molar refractivity (Wildman–Crippen MR) is 74.6 cm³/mol. The molecular weight excluding hydrogens is 296 g/mol. The molecule has 0 aromatic carbocycles. The van der Waals surface area contributed by atoms with Gasteiger partial charge in [0.15, 0.2) is 0 Å². The van der Waals surface area contributed by atoms with Crippen molar-refractivity contribution >= 4 is 15.9 Å². The van der Waals surface area contributed by atoms with Crippen LogP contribution in [0.15, 0.2) is 10.7 Å². The molecule has 1 aliphatic heterocycles. The Morgan fingerprint density at radius 1 is 1.67 bits per heavy atom. The highest BCUT2D eigenvalue weighted by atomic mass is 79.9. The smallest absolute Gasteiger partial charge is 0.0912 e. The molecule has 102 valence electrons. The number of ether oxygens (including phenoxy) is 1. The quantitative estimate of drug-likeness (QED) is 0.908. The Labute approximate surface area is 117 Å². The Bertz CT molecular complexity index is 395. The molecule has 2 heterocycles. The molecule has 5 nitrogen and oxygen atoms in total. The Morgan fingerprint density at radius 3 is 3.06 bits per heavy atom. The first-order valence-corrected chi connectivity index (χ1v) is 7.15. The molecule has 1 fully saturated rings. The lowest BCUT2D eigenvalue weighted by molar-refractivity contribution is -0.0395. The summed E-state index contributed by atoms with van der Waals surface area (Å²) in [6.07, 6.45) is 2.02. The molecule has 1 aliphatic rings. The molecule has 0 bridgehead atoms. The average molecular weight is 317 g/mol. The van der Waals surface area contributed by atoms with Crippen LogP contribution in [0.4, 0.5) is 0 Å². The molecule has 0 spiro atoms. The summed E-state index contributed by atoms with van der Waals surface area (Å²) in [6, 6.07) is 0.157. The van der Waals surface area contributed by atoms with Gasteiger partial charge in [-0.2, -0.15) is 5.10 Å². The Balaban J connectivity index is 2.24. The van der Waals surface area contributed by atoms with Gasteiger partial charge in [0.25, 0.3) is 0 Å². The second kappa shape index (κ2) is 6.14. The van der Waals surface area contributed by atoms with Crippen LogP contribution in [0.5, 0.6) is 0 Å². The Hall–Kier alpha value is -0.430. The number of aromatic nitrogens is 2. The molecule has 2 unspecified atom stereocenters. The van der Waals surface area contributed by atoms with Crippen molar-refractivity contribution < 1.29 is 4.74 Å². The van der Waals surface area contributed by atoms with Crippen LogP contribution in [-0.2, 0) is 11.3 Å². The second-order valence-corrected chi connectivity index (χ2v) is 5.49. The van der Waals surface area contributed by atoms with Crippen LogP contribution in [0.3, 0.4) is 0 Å². The van der Waals surface area contributed by atoms with E-state index in [1.807, 2.05) is 17.9 Å². The summed E-state index contributed by atoms with van der Waals surface area (Å²) in [7, 11) is 4.11. The highest BCUT2D eigenvalue weighted by molar-refractivity contribution is 9.10. The normalized spacial score (nSPS) is 23.2. The lowest BCUT2D eigenvalue weighted by Crippen LogP contribution is -2.46. The summed E-state index contributed by atoms with van der Waals surface area (Å²) in [5, 5.41) is 7.75. The zero-order valence-electron chi connectivity index (χ0n) is 11.2. The minimum atomic E-state index is 0.157. The predicted octanol–water partition coefficient (Wildman–Crippen LogP) is 1.26. The first-order chi connectivity index (χ1) is 8.67. The SMILES string of the molecule is CCn1ncc(Br)c1C(NC)C1CN(C)CCO1. The number of nitrogens with zero attached hydrogens (tertiary/aromatic N) is 3. The van der Waals surface area contributed by atoms with Crippen LogP contribution >= 0.6 is 15.9 Å². The molecule has 1 saturated heterocycles. The van der Waals surface area contributed by atoms with Crippen molar-refractivity contribution in [1.82, 2.24) is 20.0 Å². The number of morpholine rings is 1. The second-order valence-electron chi connectivity index (χ2n) is 4.63. The van der Waals surface area contributed by atoms with E-state index in [0.717, 1.165) is 30.7 Å². The van der Waals surface area contributed by atoms with Gasteiger partial charge in [-0.25, -0.2) is 0 Å². The molecule has 0 amide bonds. The number of halogens is 1. The van der Waals surface area contributed by atoms with Crippen molar-refractivity contribution in [2.45, 2.75) is 25.6 Å². The van der Waals surface area contributed by atoms with Crippen LogP contribution in [0.25, 0.3) is 0 Å². The van der Waals surface area contributed by atoms with E-state index in [-0.39, 0.29) is 12.1 Å². The number of aryl methyl sites for hydroxylation is 1. The number of likely N-dealkylation sites (N-methyl/N-ethyl adjacent to an activating group) is 2. The van der Waals surface area contributed by atoms with Crippen LogP contribution in [-0.4, -0.2) is 54.6 Å². The number of hydrogen-bond acceptors (Lipinski definition) is 4. The van der Waals surface area contributed by atoms with Gasteiger partial charge < -0.3 is 15.0 Å². The third-order valence-electron chi connectivity index (χ3n) is 3.41. The van der Waals surface area contributed by atoms with Gasteiger partial charge in [0.1, 0.15) is 0 Å². The zero-order chi connectivity index (χ0) is 13.1. The molecule has 0 aliphatic carbocycles. The van der Waals surface area contributed by atoms with Crippen LogP contribution in [0.2, 0.25) is 0 Å². The van der Waals surface area contributed by atoms with E-state index in [1.165, 1.54) is 5.69 Å². The number of rotatable bonds is 4. The zero-order valence-corrected chi connectivity index (χ0v) is 12.8. The van der Waals surface area contributed by atoms with E-state index in [4.69, 9.17) is 4.74 Å². The molecular formula is C12H21BrN4O. The number of nitrogens with one attached hydrogen (secondary N) is 1. The lowest BCUT2D eigenvalue weighted by Gasteiger charge is -2.35. The van der Waals surface area contributed by atoms with E-state index in [2.05, 4.69) is 45.2 Å². The van der Waals surface area contributed by atoms with Crippen LogP contribution < -0.4 is 5.32 Å². The molecule has 2 rings (SSSR count). The highest BCUT2D eigenvalue weighted by Crippen LogP contribution is 2.28. The van der Waals surface area contributed by atoms with Gasteiger partial charge in [-0.1, -0.05) is 0 Å². The fourth-order valence-electron chi connectivity index (χ4n) is 2.44. The minimum absolute atomic E-state index is 0.157. The lowest BCUT2D eigenvalue weighted by atomic mass is 10.1. The molecule has 0 radical (unpaired) electrons. The van der Waals surface area contributed by atoms with Crippen molar-refractivity contribution in [2.75, 3.05) is 33.8 Å². The van der Waals surface area contributed by atoms with Gasteiger partial charge in [-0.05, 0) is 36.9 Å². The van der Waals surface area contributed by atoms with Crippen molar-refractivity contribution in [1.29, 1.82) is 0 Å². The summed E-state index contributed by atoms with van der Waals surface area (Å²) >= 11 is 3.59. The van der Waals surface area contributed by atoms with Gasteiger partial charge in [0.2, 0.25) is 0 Å². The standard InChI is InChI=1S/C12H21BrN4O/c1-4-17-12(9(13)7-15-17)11(14-2)10-8-16(3)5-6-18-10/h7,10-11,14H,4-6,8H2,1-3H3. The third-order valence-corrected chi connectivity index (χ3v) is 4.02. The van der Waals surface area contributed by atoms with E-state index < -0.39 is 0 Å². The van der Waals surface area contributed by atoms with Crippen molar-refractivity contribution in [3.05, 3.63) is 16.4 Å². The first kappa shape index (κ1) is 14.0. The maximum atomic E-state index is 5.91.